The van der Waals surface area contributed by atoms with Crippen molar-refractivity contribution in [1.29, 1.82) is 0 Å². The van der Waals surface area contributed by atoms with E-state index in [4.69, 9.17) is 4.74 Å². The fraction of sp³-hybridized carbons (Fsp3) is 0.294. The largest absolute Gasteiger partial charge is 0.466 e. The minimum Gasteiger partial charge on any atom is -0.466 e. The van der Waals surface area contributed by atoms with E-state index in [-0.39, 0.29) is 18.3 Å². The van der Waals surface area contributed by atoms with Gasteiger partial charge in [0.05, 0.1) is 18.7 Å². The van der Waals surface area contributed by atoms with Gasteiger partial charge < -0.3 is 10.1 Å². The van der Waals surface area contributed by atoms with Gasteiger partial charge in [-0.3, -0.25) is 9.59 Å². The standard InChI is InChI=1S/C17H18N6O3S/c1-2-26-15(24)9-13-10-27-17(19-13)20-16(25)14(23-11-18-21-22-23)8-12-6-4-3-5-7-12/h3-7,10-11,14H,2,8-9H2,1H3,(H,19,20,25)/t14-/m1/s1. The second kappa shape index (κ2) is 8.99. The molecule has 27 heavy (non-hydrogen) atoms. The third kappa shape index (κ3) is 5.17. The van der Waals surface area contributed by atoms with Gasteiger partial charge in [0.15, 0.2) is 5.13 Å². The lowest BCUT2D eigenvalue weighted by molar-refractivity contribution is -0.142. The van der Waals surface area contributed by atoms with Crippen LogP contribution >= 0.6 is 11.3 Å². The number of esters is 1. The molecular weight excluding hydrogens is 368 g/mol. The predicted octanol–water partition coefficient (Wildman–Crippen LogP) is 1.66. The van der Waals surface area contributed by atoms with Gasteiger partial charge in [-0.2, -0.15) is 0 Å². The van der Waals surface area contributed by atoms with Crippen LogP contribution in [0.4, 0.5) is 5.13 Å². The Labute approximate surface area is 159 Å². The van der Waals surface area contributed by atoms with Gasteiger partial charge in [0.25, 0.3) is 5.91 Å². The number of nitrogens with one attached hydrogen (secondary N) is 1. The van der Waals surface area contributed by atoms with Crippen LogP contribution in [0.3, 0.4) is 0 Å². The van der Waals surface area contributed by atoms with Gasteiger partial charge in [-0.15, -0.1) is 16.4 Å². The minimum absolute atomic E-state index is 0.0701. The highest BCUT2D eigenvalue weighted by Gasteiger charge is 2.23. The Morgan fingerprint density at radius 2 is 2.11 bits per heavy atom. The Balaban J connectivity index is 1.69. The number of tetrazole rings is 1. The van der Waals surface area contributed by atoms with E-state index in [1.54, 1.807) is 12.3 Å². The molecule has 10 heteroatoms. The molecule has 0 unspecified atom stereocenters. The number of anilines is 1. The van der Waals surface area contributed by atoms with Gasteiger partial charge in [-0.05, 0) is 22.9 Å². The molecule has 2 heterocycles. The van der Waals surface area contributed by atoms with Gasteiger partial charge in [0.1, 0.15) is 12.4 Å². The van der Waals surface area contributed by atoms with Crippen molar-refractivity contribution in [3.63, 3.8) is 0 Å². The molecule has 1 amide bonds. The topological polar surface area (TPSA) is 112 Å². The van der Waals surface area contributed by atoms with E-state index in [1.807, 2.05) is 30.3 Å². The van der Waals surface area contributed by atoms with Crippen molar-refractivity contribution >= 4 is 28.3 Å². The Morgan fingerprint density at radius 1 is 1.30 bits per heavy atom. The fourth-order valence-electron chi connectivity index (χ4n) is 2.45. The monoisotopic (exact) mass is 386 g/mol. The van der Waals surface area contributed by atoms with Crippen molar-refractivity contribution in [2.75, 3.05) is 11.9 Å². The summed E-state index contributed by atoms with van der Waals surface area (Å²) in [7, 11) is 0. The van der Waals surface area contributed by atoms with Gasteiger partial charge in [0.2, 0.25) is 0 Å². The highest BCUT2D eigenvalue weighted by Crippen LogP contribution is 2.20. The summed E-state index contributed by atoms with van der Waals surface area (Å²) < 4.78 is 6.31. The molecule has 1 N–H and O–H groups in total. The molecular formula is C17H18N6O3S. The summed E-state index contributed by atoms with van der Waals surface area (Å²) >= 11 is 1.25. The van der Waals surface area contributed by atoms with Gasteiger partial charge in [0, 0.05) is 11.8 Å². The zero-order valence-corrected chi connectivity index (χ0v) is 15.4. The van der Waals surface area contributed by atoms with E-state index in [0.29, 0.717) is 23.9 Å². The first-order valence-electron chi connectivity index (χ1n) is 8.33. The third-order valence-corrected chi connectivity index (χ3v) is 4.48. The van der Waals surface area contributed by atoms with Crippen LogP contribution in [-0.2, 0) is 27.2 Å². The number of ether oxygens (including phenoxy) is 1. The summed E-state index contributed by atoms with van der Waals surface area (Å²) in [5.74, 6) is -0.639. The molecule has 1 atom stereocenters. The van der Waals surface area contributed by atoms with E-state index in [0.717, 1.165) is 5.56 Å². The third-order valence-electron chi connectivity index (χ3n) is 3.67. The summed E-state index contributed by atoms with van der Waals surface area (Å²) in [6.45, 7) is 2.07. The second-order valence-electron chi connectivity index (χ2n) is 5.61. The van der Waals surface area contributed by atoms with Crippen LogP contribution in [0.25, 0.3) is 0 Å². The van der Waals surface area contributed by atoms with Crippen LogP contribution in [-0.4, -0.2) is 43.7 Å². The molecule has 0 spiro atoms. The number of thiazole rings is 1. The average Bonchev–Trinajstić information content (AvgIpc) is 3.33. The smallest absolute Gasteiger partial charge is 0.311 e. The van der Waals surface area contributed by atoms with Crippen molar-refractivity contribution in [3.05, 3.63) is 53.3 Å². The van der Waals surface area contributed by atoms with Crippen molar-refractivity contribution < 1.29 is 14.3 Å². The first-order valence-corrected chi connectivity index (χ1v) is 9.21. The molecule has 0 aliphatic heterocycles. The van der Waals surface area contributed by atoms with E-state index in [2.05, 4.69) is 25.8 Å². The number of hydrogen-bond acceptors (Lipinski definition) is 8. The Kier molecular flexibility index (Phi) is 6.21. The Morgan fingerprint density at radius 3 is 2.81 bits per heavy atom. The quantitative estimate of drug-likeness (QED) is 0.586. The molecule has 2 aromatic heterocycles. The Bertz CT molecular complexity index is 881. The minimum atomic E-state index is -0.625. The average molecular weight is 386 g/mol. The number of rotatable bonds is 8. The highest BCUT2D eigenvalue weighted by molar-refractivity contribution is 7.13. The van der Waals surface area contributed by atoms with Crippen molar-refractivity contribution in [3.8, 4) is 0 Å². The van der Waals surface area contributed by atoms with E-state index < -0.39 is 6.04 Å². The number of benzene rings is 1. The zero-order valence-electron chi connectivity index (χ0n) is 14.6. The number of nitrogens with zero attached hydrogens (tertiary/aromatic N) is 5. The van der Waals surface area contributed by atoms with Gasteiger partial charge in [-0.1, -0.05) is 30.3 Å². The Hall–Kier alpha value is -3.14. The lowest BCUT2D eigenvalue weighted by Gasteiger charge is -2.15. The number of carbonyl (C=O) groups excluding carboxylic acids is 2. The fourth-order valence-corrected chi connectivity index (χ4v) is 3.16. The molecule has 0 radical (unpaired) electrons. The van der Waals surface area contributed by atoms with Crippen molar-refractivity contribution in [2.24, 2.45) is 0 Å². The number of hydrogen-bond donors (Lipinski definition) is 1. The molecule has 9 nitrogen and oxygen atoms in total. The first kappa shape index (κ1) is 18.6. The zero-order chi connectivity index (χ0) is 19.1. The summed E-state index contributed by atoms with van der Waals surface area (Å²) in [6, 6.07) is 8.98. The molecule has 0 saturated heterocycles. The number of amides is 1. The number of aromatic nitrogens is 5. The summed E-state index contributed by atoms with van der Waals surface area (Å²) in [5.41, 5.74) is 1.53. The number of carbonyl (C=O) groups is 2. The normalized spacial score (nSPS) is 11.7. The maximum Gasteiger partial charge on any atom is 0.311 e. The lowest BCUT2D eigenvalue weighted by Crippen LogP contribution is -2.28. The van der Waals surface area contributed by atoms with Crippen LogP contribution in [0.1, 0.15) is 24.2 Å². The van der Waals surface area contributed by atoms with Crippen LogP contribution < -0.4 is 5.32 Å². The van der Waals surface area contributed by atoms with Gasteiger partial charge >= 0.3 is 5.97 Å². The first-order chi connectivity index (χ1) is 13.2. The SMILES string of the molecule is CCOC(=O)Cc1csc(NC(=O)[C@@H](Cc2ccccc2)n2cnnn2)n1. The molecule has 0 aliphatic carbocycles. The lowest BCUT2D eigenvalue weighted by atomic mass is 10.1. The molecule has 140 valence electrons. The van der Waals surface area contributed by atoms with Crippen LogP contribution in [0.15, 0.2) is 42.0 Å². The van der Waals surface area contributed by atoms with Crippen molar-refractivity contribution in [1.82, 2.24) is 25.2 Å². The molecule has 0 aliphatic rings. The van der Waals surface area contributed by atoms with E-state index in [9.17, 15) is 9.59 Å². The molecule has 0 bridgehead atoms. The maximum atomic E-state index is 12.8. The van der Waals surface area contributed by atoms with Crippen LogP contribution in [0.2, 0.25) is 0 Å². The summed E-state index contributed by atoms with van der Waals surface area (Å²) in [5, 5.41) is 16.0. The van der Waals surface area contributed by atoms with Gasteiger partial charge in [-0.25, -0.2) is 9.67 Å². The van der Waals surface area contributed by atoms with E-state index in [1.165, 1.54) is 22.3 Å². The molecule has 3 aromatic rings. The van der Waals surface area contributed by atoms with Crippen LogP contribution in [0.5, 0.6) is 0 Å². The summed E-state index contributed by atoms with van der Waals surface area (Å²) in [4.78, 5) is 28.6. The molecule has 0 saturated carbocycles. The predicted molar refractivity (Wildman–Crippen MR) is 98.1 cm³/mol. The summed E-state index contributed by atoms with van der Waals surface area (Å²) in [6.07, 6.45) is 1.90. The molecule has 1 aromatic carbocycles. The van der Waals surface area contributed by atoms with Crippen molar-refractivity contribution in [2.45, 2.75) is 25.8 Å². The van der Waals surface area contributed by atoms with E-state index >= 15 is 0 Å². The van der Waals surface area contributed by atoms with Crippen LogP contribution in [0, 0.1) is 0 Å². The molecule has 0 fully saturated rings. The second-order valence-corrected chi connectivity index (χ2v) is 6.47. The highest BCUT2D eigenvalue weighted by atomic mass is 32.1. The molecule has 3 rings (SSSR count). The maximum absolute atomic E-state index is 12.8.